The van der Waals surface area contributed by atoms with Crippen LogP contribution in [-0.4, -0.2) is 19.5 Å². The molecule has 0 aliphatic carbocycles. The maximum atomic E-state index is 11.9. The van der Waals surface area contributed by atoms with Crippen molar-refractivity contribution in [2.45, 2.75) is 6.42 Å². The van der Waals surface area contributed by atoms with Gasteiger partial charge in [0.25, 0.3) is 5.56 Å². The third kappa shape index (κ3) is 2.22. The molecule has 1 aromatic carbocycles. The summed E-state index contributed by atoms with van der Waals surface area (Å²) in [6, 6.07) is 13.9. The zero-order valence-electron chi connectivity index (χ0n) is 11.8. The van der Waals surface area contributed by atoms with Crippen molar-refractivity contribution in [1.29, 1.82) is 0 Å². The molecule has 0 spiro atoms. The molecule has 0 amide bonds. The maximum Gasteiger partial charge on any atom is 0.282 e. The Hall–Kier alpha value is -3.08. The quantitative estimate of drug-likeness (QED) is 0.609. The van der Waals surface area contributed by atoms with E-state index in [9.17, 15) is 4.79 Å². The number of aromatic amines is 2. The van der Waals surface area contributed by atoms with Gasteiger partial charge >= 0.3 is 0 Å². The third-order valence-corrected chi connectivity index (χ3v) is 3.69. The minimum Gasteiger partial charge on any atom is -0.348 e. The summed E-state index contributed by atoms with van der Waals surface area (Å²) in [7, 11) is 0. The molecule has 0 saturated heterocycles. The van der Waals surface area contributed by atoms with Crippen molar-refractivity contribution in [3.05, 3.63) is 82.8 Å². The minimum atomic E-state index is -0.200. The third-order valence-electron chi connectivity index (χ3n) is 3.69. The Morgan fingerprint density at radius 1 is 1.05 bits per heavy atom. The van der Waals surface area contributed by atoms with Crippen molar-refractivity contribution in [1.82, 2.24) is 19.5 Å². The average molecular weight is 290 g/mol. The van der Waals surface area contributed by atoms with Gasteiger partial charge in [0, 0.05) is 30.7 Å². The zero-order chi connectivity index (χ0) is 14.9. The van der Waals surface area contributed by atoms with Gasteiger partial charge in [-0.15, -0.1) is 0 Å². The van der Waals surface area contributed by atoms with Crippen LogP contribution in [0.2, 0.25) is 0 Å². The standard InChI is InChI=1S/C17H14N4O/c22-17-14-7-8-18-16(14)19-15(20-17)11-12-3-5-13(6-4-12)21-9-1-2-10-21/h1-10H,11H2,(H2,18,19,20,22). The van der Waals surface area contributed by atoms with Crippen molar-refractivity contribution >= 4 is 11.0 Å². The lowest BCUT2D eigenvalue weighted by atomic mass is 10.1. The van der Waals surface area contributed by atoms with E-state index in [4.69, 9.17) is 0 Å². The summed E-state index contributed by atoms with van der Waals surface area (Å²) in [5.74, 6) is 0.661. The number of benzene rings is 1. The second-order valence-corrected chi connectivity index (χ2v) is 5.19. The van der Waals surface area contributed by atoms with E-state index >= 15 is 0 Å². The molecule has 0 fully saturated rings. The summed E-state index contributed by atoms with van der Waals surface area (Å²) in [4.78, 5) is 22.2. The Kier molecular flexibility index (Phi) is 2.89. The van der Waals surface area contributed by atoms with E-state index < -0.39 is 0 Å². The summed E-state index contributed by atoms with van der Waals surface area (Å²) in [6.45, 7) is 0. The number of hydrogen-bond donors (Lipinski definition) is 2. The summed E-state index contributed by atoms with van der Waals surface area (Å²) in [5, 5.41) is 0.590. The van der Waals surface area contributed by atoms with Gasteiger partial charge < -0.3 is 14.5 Å². The van der Waals surface area contributed by atoms with E-state index in [-0.39, 0.29) is 5.56 Å². The fourth-order valence-electron chi connectivity index (χ4n) is 2.58. The Balaban J connectivity index is 1.63. The molecule has 5 heteroatoms. The van der Waals surface area contributed by atoms with Gasteiger partial charge in [0.15, 0.2) is 0 Å². The first-order valence-electron chi connectivity index (χ1n) is 7.08. The van der Waals surface area contributed by atoms with E-state index in [1.165, 1.54) is 0 Å². The Labute approximate surface area is 126 Å². The first-order chi connectivity index (χ1) is 10.8. The van der Waals surface area contributed by atoms with Crippen molar-refractivity contribution in [3.8, 4) is 5.69 Å². The second kappa shape index (κ2) is 5.04. The van der Waals surface area contributed by atoms with Gasteiger partial charge in [-0.1, -0.05) is 12.1 Å². The van der Waals surface area contributed by atoms with Crippen LogP contribution < -0.4 is 5.56 Å². The van der Waals surface area contributed by atoms with Crippen molar-refractivity contribution in [2.75, 3.05) is 0 Å². The molecule has 5 nitrogen and oxygen atoms in total. The summed E-state index contributed by atoms with van der Waals surface area (Å²) in [5.41, 5.74) is 2.73. The monoisotopic (exact) mass is 290 g/mol. The molecule has 108 valence electrons. The molecule has 0 unspecified atom stereocenters. The van der Waals surface area contributed by atoms with Crippen LogP contribution in [0.3, 0.4) is 0 Å². The van der Waals surface area contributed by atoms with Gasteiger partial charge in [0.05, 0.1) is 5.39 Å². The average Bonchev–Trinajstić information content (AvgIpc) is 3.19. The molecule has 0 atom stereocenters. The Morgan fingerprint density at radius 2 is 1.82 bits per heavy atom. The number of H-pyrrole nitrogens is 2. The van der Waals surface area contributed by atoms with Gasteiger partial charge in [0.1, 0.15) is 11.5 Å². The van der Waals surface area contributed by atoms with Crippen LogP contribution in [0.25, 0.3) is 16.7 Å². The van der Waals surface area contributed by atoms with Gasteiger partial charge in [-0.25, -0.2) is 0 Å². The van der Waals surface area contributed by atoms with Crippen molar-refractivity contribution in [3.63, 3.8) is 0 Å². The van der Waals surface area contributed by atoms with E-state index in [1.807, 2.05) is 36.7 Å². The largest absolute Gasteiger partial charge is 0.348 e. The molecule has 0 bridgehead atoms. The molecule has 0 aliphatic rings. The number of nitrogens with one attached hydrogen (secondary N) is 2. The highest BCUT2D eigenvalue weighted by atomic mass is 16.1. The lowest BCUT2D eigenvalue weighted by molar-refractivity contribution is 0.966. The van der Waals surface area contributed by atoms with Crippen LogP contribution in [0, 0.1) is 0 Å². The molecular weight excluding hydrogens is 276 g/mol. The normalized spacial score (nSPS) is 11.1. The molecule has 22 heavy (non-hydrogen) atoms. The molecule has 0 saturated carbocycles. The highest BCUT2D eigenvalue weighted by molar-refractivity contribution is 5.73. The summed E-state index contributed by atoms with van der Waals surface area (Å²) < 4.78 is 2.05. The number of fused-ring (bicyclic) bond motifs is 1. The van der Waals surface area contributed by atoms with E-state index in [2.05, 4.69) is 31.7 Å². The fourth-order valence-corrected chi connectivity index (χ4v) is 2.58. The lowest BCUT2D eigenvalue weighted by Gasteiger charge is -2.05. The molecule has 0 radical (unpaired) electrons. The second-order valence-electron chi connectivity index (χ2n) is 5.19. The molecule has 0 aliphatic heterocycles. The SMILES string of the molecule is O=c1nc(Cc2ccc(-n3cccc3)cc2)[nH]c2[nH]ccc12. The van der Waals surface area contributed by atoms with Gasteiger partial charge in [-0.3, -0.25) is 4.79 Å². The van der Waals surface area contributed by atoms with Gasteiger partial charge in [-0.05, 0) is 35.9 Å². The predicted octanol–water partition coefficient (Wildman–Crippen LogP) is 2.63. The van der Waals surface area contributed by atoms with E-state index in [0.717, 1.165) is 16.9 Å². The first kappa shape index (κ1) is 12.6. The molecule has 4 aromatic rings. The van der Waals surface area contributed by atoms with Crippen LogP contribution in [0.15, 0.2) is 65.8 Å². The maximum absolute atomic E-state index is 11.9. The Bertz CT molecular complexity index is 962. The molecule has 3 heterocycles. The zero-order valence-corrected chi connectivity index (χ0v) is 11.8. The van der Waals surface area contributed by atoms with Crippen molar-refractivity contribution < 1.29 is 0 Å². The predicted molar refractivity (Wildman–Crippen MR) is 85.3 cm³/mol. The molecule has 3 aromatic heterocycles. The van der Waals surface area contributed by atoms with Crippen molar-refractivity contribution in [2.24, 2.45) is 0 Å². The van der Waals surface area contributed by atoms with Crippen LogP contribution in [-0.2, 0) is 6.42 Å². The van der Waals surface area contributed by atoms with Gasteiger partial charge in [0.2, 0.25) is 0 Å². The van der Waals surface area contributed by atoms with Crippen LogP contribution in [0.5, 0.6) is 0 Å². The van der Waals surface area contributed by atoms with Gasteiger partial charge in [-0.2, -0.15) is 4.98 Å². The topological polar surface area (TPSA) is 66.5 Å². The summed E-state index contributed by atoms with van der Waals surface area (Å²) in [6.07, 6.45) is 6.34. The highest BCUT2D eigenvalue weighted by Crippen LogP contribution is 2.12. The van der Waals surface area contributed by atoms with E-state index in [1.54, 1.807) is 12.3 Å². The molecular formula is C17H14N4O. The fraction of sp³-hybridized carbons (Fsp3) is 0.0588. The highest BCUT2D eigenvalue weighted by Gasteiger charge is 2.05. The summed E-state index contributed by atoms with van der Waals surface area (Å²) >= 11 is 0. The Morgan fingerprint density at radius 3 is 2.59 bits per heavy atom. The first-order valence-corrected chi connectivity index (χ1v) is 7.08. The van der Waals surface area contributed by atoms with Crippen LogP contribution >= 0.6 is 0 Å². The number of nitrogens with zero attached hydrogens (tertiary/aromatic N) is 2. The molecule has 4 rings (SSSR count). The van der Waals surface area contributed by atoms with Crippen LogP contribution in [0.4, 0.5) is 0 Å². The lowest BCUT2D eigenvalue weighted by Crippen LogP contribution is -2.11. The van der Waals surface area contributed by atoms with Crippen LogP contribution in [0.1, 0.15) is 11.4 Å². The van der Waals surface area contributed by atoms with E-state index in [0.29, 0.717) is 17.6 Å². The smallest absolute Gasteiger partial charge is 0.282 e. The minimum absolute atomic E-state index is 0.200. The number of hydrogen-bond acceptors (Lipinski definition) is 2. The number of aromatic nitrogens is 4. The number of rotatable bonds is 3. The molecule has 2 N–H and O–H groups in total.